The third-order valence-corrected chi connectivity index (χ3v) is 7.26. The Balaban J connectivity index is 1.69. The second-order valence-electron chi connectivity index (χ2n) is 11.0. The summed E-state index contributed by atoms with van der Waals surface area (Å²) in [5.74, 6) is -1.39. The van der Waals surface area contributed by atoms with Crippen LogP contribution >= 0.6 is 11.6 Å². The minimum Gasteiger partial charge on any atom is -0.355 e. The lowest BCUT2D eigenvalue weighted by atomic mass is 10.0. The normalized spacial score (nSPS) is 13.0. The smallest absolute Gasteiger partial charge is 0.251 e. The van der Waals surface area contributed by atoms with Gasteiger partial charge in [0.1, 0.15) is 6.04 Å². The largest absolute Gasteiger partial charge is 0.355 e. The minimum atomic E-state index is -0.659. The molecular weight excluding hydrogens is 578 g/mol. The molecule has 0 radical (unpaired) electrons. The fourth-order valence-corrected chi connectivity index (χ4v) is 4.82. The molecule has 234 valence electrons. The van der Waals surface area contributed by atoms with Crippen molar-refractivity contribution in [2.24, 2.45) is 5.92 Å². The predicted molar refractivity (Wildman–Crippen MR) is 173 cm³/mol. The summed E-state index contributed by atoms with van der Waals surface area (Å²) in [5.41, 5.74) is 2.46. The van der Waals surface area contributed by atoms with Crippen LogP contribution in [0.25, 0.3) is 0 Å². The molecule has 5 N–H and O–H groups in total. The van der Waals surface area contributed by atoms with Crippen molar-refractivity contribution in [1.82, 2.24) is 26.6 Å². The van der Waals surface area contributed by atoms with Crippen molar-refractivity contribution in [2.45, 2.75) is 58.8 Å². The van der Waals surface area contributed by atoms with E-state index in [2.05, 4.69) is 26.6 Å². The van der Waals surface area contributed by atoms with Crippen LogP contribution in [0.5, 0.6) is 0 Å². The van der Waals surface area contributed by atoms with Gasteiger partial charge in [0, 0.05) is 41.8 Å². The second kappa shape index (κ2) is 17.2. The fraction of sp³-hybridized carbons (Fsp3) is 0.353. The fourth-order valence-electron chi connectivity index (χ4n) is 4.58. The summed E-state index contributed by atoms with van der Waals surface area (Å²) in [7, 11) is 0. The number of carbonyl (C=O) groups is 4. The van der Waals surface area contributed by atoms with Gasteiger partial charge in [0.15, 0.2) is 0 Å². The summed E-state index contributed by atoms with van der Waals surface area (Å²) < 4.78 is 0. The topological polar surface area (TPSA) is 128 Å². The lowest BCUT2D eigenvalue weighted by Gasteiger charge is -2.25. The van der Waals surface area contributed by atoms with E-state index >= 15 is 0 Å². The zero-order chi connectivity index (χ0) is 32.1. The molecule has 0 aliphatic rings. The van der Waals surface area contributed by atoms with Crippen molar-refractivity contribution in [1.29, 1.82) is 0 Å². The van der Waals surface area contributed by atoms with Gasteiger partial charge in [-0.25, -0.2) is 0 Å². The first-order valence-electron chi connectivity index (χ1n) is 14.9. The highest BCUT2D eigenvalue weighted by Gasteiger charge is 2.26. The molecule has 0 aliphatic carbocycles. The standard InChI is InChI=1S/C34H42ClN5O4/c1-5-36-34(44)30(22(2)3)40-31(41)23(4)37-21-29(16-24-12-8-6-9-13-24)39-33(43)27-17-26(18-28(35)19-27)32(42)38-20-25-14-10-7-11-15-25/h6-15,17-19,22-23,29-30,37H,5,16,20-21H2,1-4H3,(H,36,44)(H,38,42)(H,39,43)(H,40,41)/t23-,29-,30-/m0/s1. The highest BCUT2D eigenvalue weighted by atomic mass is 35.5. The van der Waals surface area contributed by atoms with Crippen LogP contribution < -0.4 is 26.6 Å². The minimum absolute atomic E-state index is 0.0918. The summed E-state index contributed by atoms with van der Waals surface area (Å²) in [6.45, 7) is 8.37. The average molecular weight is 620 g/mol. The number of hydrogen-bond acceptors (Lipinski definition) is 5. The number of benzene rings is 3. The summed E-state index contributed by atoms with van der Waals surface area (Å²) in [6.07, 6.45) is 0.492. The third kappa shape index (κ3) is 10.8. The Morgan fingerprint density at radius 2 is 1.32 bits per heavy atom. The third-order valence-electron chi connectivity index (χ3n) is 7.04. The van der Waals surface area contributed by atoms with Gasteiger partial charge in [0.25, 0.3) is 11.8 Å². The van der Waals surface area contributed by atoms with Gasteiger partial charge in [0.2, 0.25) is 11.8 Å². The van der Waals surface area contributed by atoms with Crippen LogP contribution in [0, 0.1) is 5.92 Å². The monoisotopic (exact) mass is 619 g/mol. The van der Waals surface area contributed by atoms with Crippen molar-refractivity contribution in [3.63, 3.8) is 0 Å². The Hall–Kier alpha value is -4.21. The van der Waals surface area contributed by atoms with E-state index in [9.17, 15) is 19.2 Å². The maximum atomic E-state index is 13.4. The van der Waals surface area contributed by atoms with E-state index in [0.717, 1.165) is 11.1 Å². The summed E-state index contributed by atoms with van der Waals surface area (Å²) >= 11 is 6.32. The lowest BCUT2D eigenvalue weighted by Crippen LogP contribution is -2.55. The molecule has 0 heterocycles. The SMILES string of the molecule is CCNC(=O)[C@@H](NC(=O)[C@H](C)NC[C@H](Cc1ccccc1)NC(=O)c1cc(Cl)cc(C(=O)NCc2ccccc2)c1)C(C)C. The van der Waals surface area contributed by atoms with Crippen LogP contribution in [-0.4, -0.2) is 54.8 Å². The second-order valence-corrected chi connectivity index (χ2v) is 11.4. The highest BCUT2D eigenvalue weighted by Crippen LogP contribution is 2.16. The molecule has 0 spiro atoms. The molecule has 10 heteroatoms. The van der Waals surface area contributed by atoms with Crippen molar-refractivity contribution < 1.29 is 19.2 Å². The van der Waals surface area contributed by atoms with Crippen molar-refractivity contribution in [2.75, 3.05) is 13.1 Å². The summed E-state index contributed by atoms with van der Waals surface area (Å²) in [5, 5.41) is 14.9. The van der Waals surface area contributed by atoms with E-state index in [-0.39, 0.29) is 46.3 Å². The van der Waals surface area contributed by atoms with E-state index in [1.165, 1.54) is 18.2 Å². The molecule has 0 unspecified atom stereocenters. The van der Waals surface area contributed by atoms with Gasteiger partial charge in [-0.15, -0.1) is 0 Å². The molecule has 0 bridgehead atoms. The molecule has 0 saturated carbocycles. The summed E-state index contributed by atoms with van der Waals surface area (Å²) in [4.78, 5) is 51.7. The maximum absolute atomic E-state index is 13.4. The van der Waals surface area contributed by atoms with Gasteiger partial charge in [-0.1, -0.05) is 86.1 Å². The van der Waals surface area contributed by atoms with Crippen LogP contribution in [0.3, 0.4) is 0 Å². The first-order valence-corrected chi connectivity index (χ1v) is 15.2. The molecular formula is C34H42ClN5O4. The van der Waals surface area contributed by atoms with E-state index in [1.54, 1.807) is 6.92 Å². The number of halogens is 1. The summed E-state index contributed by atoms with van der Waals surface area (Å²) in [6, 6.07) is 22.0. The van der Waals surface area contributed by atoms with Crippen molar-refractivity contribution in [3.05, 3.63) is 106 Å². The molecule has 3 atom stereocenters. The molecule has 44 heavy (non-hydrogen) atoms. The van der Waals surface area contributed by atoms with Gasteiger partial charge in [-0.2, -0.15) is 0 Å². The molecule has 0 aromatic heterocycles. The first-order chi connectivity index (χ1) is 21.1. The Morgan fingerprint density at radius 1 is 0.727 bits per heavy atom. The molecule has 9 nitrogen and oxygen atoms in total. The van der Waals surface area contributed by atoms with Crippen LogP contribution in [0.1, 0.15) is 59.5 Å². The predicted octanol–water partition coefficient (Wildman–Crippen LogP) is 3.87. The van der Waals surface area contributed by atoms with E-state index in [1.807, 2.05) is 81.4 Å². The maximum Gasteiger partial charge on any atom is 0.251 e. The van der Waals surface area contributed by atoms with Gasteiger partial charge in [0.05, 0.1) is 6.04 Å². The van der Waals surface area contributed by atoms with Crippen molar-refractivity contribution >= 4 is 35.2 Å². The zero-order valence-electron chi connectivity index (χ0n) is 25.7. The van der Waals surface area contributed by atoms with Gasteiger partial charge in [-0.05, 0) is 55.5 Å². The van der Waals surface area contributed by atoms with Gasteiger partial charge >= 0.3 is 0 Å². The van der Waals surface area contributed by atoms with Crippen molar-refractivity contribution in [3.8, 4) is 0 Å². The number of likely N-dealkylation sites (N-methyl/N-ethyl adjacent to an activating group) is 1. The van der Waals surface area contributed by atoms with Crippen LogP contribution in [0.4, 0.5) is 0 Å². The molecule has 0 saturated heterocycles. The Labute approximate surface area is 264 Å². The first kappa shape index (κ1) is 34.3. The Morgan fingerprint density at radius 3 is 1.91 bits per heavy atom. The van der Waals surface area contributed by atoms with E-state index < -0.39 is 24.0 Å². The van der Waals surface area contributed by atoms with Crippen LogP contribution in [-0.2, 0) is 22.6 Å². The van der Waals surface area contributed by atoms with E-state index in [4.69, 9.17) is 11.6 Å². The van der Waals surface area contributed by atoms with Gasteiger partial charge in [-0.3, -0.25) is 19.2 Å². The molecule has 4 amide bonds. The van der Waals surface area contributed by atoms with E-state index in [0.29, 0.717) is 19.5 Å². The van der Waals surface area contributed by atoms with Crippen LogP contribution in [0.15, 0.2) is 78.9 Å². The Bertz CT molecular complexity index is 1400. The number of hydrogen-bond donors (Lipinski definition) is 5. The Kier molecular flexibility index (Phi) is 13.4. The highest BCUT2D eigenvalue weighted by molar-refractivity contribution is 6.31. The lowest BCUT2D eigenvalue weighted by molar-refractivity contribution is -0.130. The number of rotatable bonds is 15. The molecule has 3 rings (SSSR count). The van der Waals surface area contributed by atoms with Gasteiger partial charge < -0.3 is 26.6 Å². The zero-order valence-corrected chi connectivity index (χ0v) is 26.4. The number of nitrogens with one attached hydrogen (secondary N) is 5. The number of amides is 4. The molecule has 0 aliphatic heterocycles. The van der Waals surface area contributed by atoms with Crippen LogP contribution in [0.2, 0.25) is 5.02 Å². The molecule has 3 aromatic carbocycles. The molecule has 0 fully saturated rings. The quantitative estimate of drug-likeness (QED) is 0.176. The molecule has 3 aromatic rings. The number of carbonyl (C=O) groups excluding carboxylic acids is 4. The average Bonchev–Trinajstić information content (AvgIpc) is 3.01.